The minimum Gasteiger partial charge on any atom is -0.465 e. The molecule has 0 fully saturated rings. The van der Waals surface area contributed by atoms with E-state index >= 15 is 0 Å². The minimum absolute atomic E-state index is 0.0721. The minimum atomic E-state index is -4.28. The van der Waals surface area contributed by atoms with Crippen LogP contribution in [0.1, 0.15) is 31.4 Å². The van der Waals surface area contributed by atoms with Crippen molar-refractivity contribution in [3.8, 4) is 0 Å². The number of carbonyl (C=O) groups excluding carboxylic acids is 2. The Balaban J connectivity index is 2.53. The molecule has 0 bridgehead atoms. The standard InChI is InChI=1S/C24H29NO7S2/c1-5-31-23(26)22(24(27)32-6-2)8-7-17-33(28,20-13-9-18(3)10-14-20)25-34(29,30)21-15-11-19(4)12-16-21/h7,9-17,22H,5-6,8H2,1-4H3/b17-7+/t33-/m1/s1. The van der Waals surface area contributed by atoms with Gasteiger partial charge in [-0.05, 0) is 58.4 Å². The summed E-state index contributed by atoms with van der Waals surface area (Å²) in [7, 11) is -7.90. The van der Waals surface area contributed by atoms with Crippen molar-refractivity contribution in [1.29, 1.82) is 0 Å². The number of allylic oxidation sites excluding steroid dienone is 1. The maximum atomic E-state index is 13.9. The molecule has 0 saturated heterocycles. The number of rotatable bonds is 10. The van der Waals surface area contributed by atoms with Crippen LogP contribution in [0, 0.1) is 19.8 Å². The van der Waals surface area contributed by atoms with Crippen LogP contribution in [0.2, 0.25) is 0 Å². The van der Waals surface area contributed by atoms with Gasteiger partial charge >= 0.3 is 11.9 Å². The van der Waals surface area contributed by atoms with E-state index in [0.717, 1.165) is 16.5 Å². The zero-order valence-corrected chi connectivity index (χ0v) is 21.2. The lowest BCUT2D eigenvalue weighted by Gasteiger charge is -2.13. The molecule has 0 saturated carbocycles. The highest BCUT2D eigenvalue weighted by atomic mass is 32.3. The molecule has 0 unspecified atom stereocenters. The Hall–Kier alpha value is -2.98. The summed E-state index contributed by atoms with van der Waals surface area (Å²) in [6.07, 6.45) is 1.11. The van der Waals surface area contributed by atoms with Crippen LogP contribution < -0.4 is 0 Å². The number of carbonyl (C=O) groups is 2. The number of esters is 2. The zero-order valence-electron chi connectivity index (χ0n) is 19.6. The molecule has 2 rings (SSSR count). The first-order valence-corrected chi connectivity index (χ1v) is 13.7. The molecular formula is C24H29NO7S2. The fourth-order valence-corrected chi connectivity index (χ4v) is 6.46. The lowest BCUT2D eigenvalue weighted by Crippen LogP contribution is -2.27. The van der Waals surface area contributed by atoms with Crippen LogP contribution in [-0.2, 0) is 38.8 Å². The van der Waals surface area contributed by atoms with Crippen LogP contribution in [0.5, 0.6) is 0 Å². The number of benzene rings is 2. The number of sulfonamides is 1. The van der Waals surface area contributed by atoms with E-state index in [1.54, 1.807) is 38.1 Å². The Bertz CT molecular complexity index is 1240. The molecule has 0 spiro atoms. The summed E-state index contributed by atoms with van der Waals surface area (Å²) in [6, 6.07) is 12.5. The SMILES string of the molecule is CCOC(=O)C(C/C=C/[S@](=O)(=NS(=O)(=O)c1ccc(C)cc1)c1ccc(C)cc1)C(=O)OCC. The van der Waals surface area contributed by atoms with Gasteiger partial charge in [0.1, 0.15) is 9.73 Å². The maximum absolute atomic E-state index is 13.9. The van der Waals surface area contributed by atoms with Crippen molar-refractivity contribution in [2.45, 2.75) is 43.9 Å². The fourth-order valence-electron chi connectivity index (χ4n) is 2.88. The number of nitrogens with zero attached hydrogens (tertiary/aromatic N) is 1. The Labute approximate surface area is 201 Å². The first-order valence-electron chi connectivity index (χ1n) is 10.7. The second-order valence-electron chi connectivity index (χ2n) is 7.41. The lowest BCUT2D eigenvalue weighted by atomic mass is 10.1. The Kier molecular flexibility index (Phi) is 9.57. The second-order valence-corrected chi connectivity index (χ2v) is 11.3. The van der Waals surface area contributed by atoms with Gasteiger partial charge in [0.05, 0.1) is 23.0 Å². The summed E-state index contributed by atoms with van der Waals surface area (Å²) in [5.41, 5.74) is 1.75. The van der Waals surface area contributed by atoms with E-state index in [0.29, 0.717) is 0 Å². The van der Waals surface area contributed by atoms with Crippen LogP contribution in [-0.4, -0.2) is 37.8 Å². The molecule has 0 N–H and O–H groups in total. The van der Waals surface area contributed by atoms with E-state index in [9.17, 15) is 22.2 Å². The van der Waals surface area contributed by atoms with Crippen molar-refractivity contribution in [2.75, 3.05) is 13.2 Å². The van der Waals surface area contributed by atoms with E-state index < -0.39 is 37.6 Å². The summed E-state index contributed by atoms with van der Waals surface area (Å²) in [5, 5.41) is 1.12. The molecule has 34 heavy (non-hydrogen) atoms. The van der Waals surface area contributed by atoms with Gasteiger partial charge in [0, 0.05) is 5.41 Å². The van der Waals surface area contributed by atoms with E-state index in [1.165, 1.54) is 30.3 Å². The predicted octanol–water partition coefficient (Wildman–Crippen LogP) is 4.17. The highest BCUT2D eigenvalue weighted by Gasteiger charge is 2.28. The normalized spacial score (nSPS) is 13.4. The van der Waals surface area contributed by atoms with Gasteiger partial charge in [-0.15, -0.1) is 0 Å². The van der Waals surface area contributed by atoms with E-state index in [2.05, 4.69) is 3.77 Å². The zero-order chi connectivity index (χ0) is 25.4. The van der Waals surface area contributed by atoms with E-state index in [4.69, 9.17) is 9.47 Å². The molecule has 0 aliphatic heterocycles. The molecule has 8 nitrogen and oxygen atoms in total. The van der Waals surface area contributed by atoms with Crippen LogP contribution in [0.25, 0.3) is 0 Å². The predicted molar refractivity (Wildman–Crippen MR) is 129 cm³/mol. The quantitative estimate of drug-likeness (QED) is 0.350. The average molecular weight is 508 g/mol. The van der Waals surface area contributed by atoms with E-state index in [-0.39, 0.29) is 29.4 Å². The fraction of sp³-hybridized carbons (Fsp3) is 0.333. The average Bonchev–Trinajstić information content (AvgIpc) is 2.77. The molecule has 0 radical (unpaired) electrons. The first-order chi connectivity index (χ1) is 16.0. The number of hydrogen-bond acceptors (Lipinski definition) is 7. The summed E-state index contributed by atoms with van der Waals surface area (Å²) in [6.45, 7) is 7.01. The molecule has 0 heterocycles. The van der Waals surface area contributed by atoms with Gasteiger partial charge in [0.2, 0.25) is 0 Å². The van der Waals surface area contributed by atoms with Gasteiger partial charge < -0.3 is 9.47 Å². The van der Waals surface area contributed by atoms with Gasteiger partial charge in [-0.3, -0.25) is 9.59 Å². The van der Waals surface area contributed by atoms with Crippen molar-refractivity contribution in [1.82, 2.24) is 0 Å². The molecular weight excluding hydrogens is 478 g/mol. The molecule has 2 aromatic carbocycles. The van der Waals surface area contributed by atoms with Crippen molar-refractivity contribution in [3.05, 3.63) is 71.1 Å². The molecule has 184 valence electrons. The van der Waals surface area contributed by atoms with Gasteiger partial charge in [-0.2, -0.15) is 8.42 Å². The topological polar surface area (TPSA) is 116 Å². The van der Waals surface area contributed by atoms with Crippen molar-refractivity contribution >= 4 is 31.7 Å². The monoisotopic (exact) mass is 507 g/mol. The summed E-state index contributed by atoms with van der Waals surface area (Å²) < 4.78 is 53.4. The maximum Gasteiger partial charge on any atom is 0.320 e. The summed E-state index contributed by atoms with van der Waals surface area (Å²) >= 11 is 0. The van der Waals surface area contributed by atoms with Gasteiger partial charge in [-0.25, -0.2) is 4.21 Å². The Morgan fingerprint density at radius 1 is 0.824 bits per heavy atom. The molecule has 1 atom stereocenters. The van der Waals surface area contributed by atoms with Gasteiger partial charge in [0.15, 0.2) is 5.92 Å². The number of hydrogen-bond donors (Lipinski definition) is 0. The highest BCUT2D eigenvalue weighted by molar-refractivity contribution is 8.05. The Morgan fingerprint density at radius 3 is 1.71 bits per heavy atom. The van der Waals surface area contributed by atoms with Crippen molar-refractivity contribution in [3.63, 3.8) is 0 Å². The van der Waals surface area contributed by atoms with Crippen LogP contribution in [0.15, 0.2) is 73.6 Å². The third kappa shape index (κ3) is 7.26. The molecule has 10 heteroatoms. The van der Waals surface area contributed by atoms with Crippen LogP contribution >= 0.6 is 0 Å². The van der Waals surface area contributed by atoms with Gasteiger partial charge in [-0.1, -0.05) is 45.2 Å². The number of ether oxygens (including phenoxy) is 2. The van der Waals surface area contributed by atoms with Gasteiger partial charge in [0.25, 0.3) is 10.0 Å². The molecule has 0 aliphatic rings. The van der Waals surface area contributed by atoms with Crippen LogP contribution in [0.3, 0.4) is 0 Å². The smallest absolute Gasteiger partial charge is 0.320 e. The lowest BCUT2D eigenvalue weighted by molar-refractivity contribution is -0.161. The third-order valence-corrected chi connectivity index (χ3v) is 8.73. The Morgan fingerprint density at radius 2 is 1.26 bits per heavy atom. The third-order valence-electron chi connectivity index (χ3n) is 4.68. The first kappa shape index (κ1) is 27.3. The van der Waals surface area contributed by atoms with Crippen molar-refractivity contribution < 1.29 is 31.7 Å². The highest BCUT2D eigenvalue weighted by Crippen LogP contribution is 2.23. The summed E-state index contributed by atoms with van der Waals surface area (Å²) in [5.74, 6) is -2.83. The molecule has 0 amide bonds. The molecule has 0 aromatic heterocycles. The van der Waals surface area contributed by atoms with E-state index in [1.807, 2.05) is 13.8 Å². The van der Waals surface area contributed by atoms with Crippen molar-refractivity contribution in [2.24, 2.45) is 9.69 Å². The molecule has 0 aliphatic carbocycles. The van der Waals surface area contributed by atoms with Crippen LogP contribution in [0.4, 0.5) is 0 Å². The second kappa shape index (κ2) is 11.9. The summed E-state index contributed by atoms with van der Waals surface area (Å²) in [4.78, 5) is 24.5. The molecule has 2 aromatic rings. The number of aryl methyl sites for hydroxylation is 2. The largest absolute Gasteiger partial charge is 0.465 e.